The first kappa shape index (κ1) is 10.4. The number of nitrogens with zero attached hydrogens (tertiary/aromatic N) is 3. The minimum Gasteiger partial charge on any atom is -0.380 e. The van der Waals surface area contributed by atoms with Gasteiger partial charge in [0.15, 0.2) is 0 Å². The number of imidazole rings is 1. The van der Waals surface area contributed by atoms with E-state index in [0.29, 0.717) is 11.4 Å². The van der Waals surface area contributed by atoms with Crippen LogP contribution in [-0.4, -0.2) is 14.7 Å². The van der Waals surface area contributed by atoms with E-state index >= 15 is 0 Å². The fourth-order valence-corrected chi connectivity index (χ4v) is 1.53. The smallest absolute Gasteiger partial charge is 0.142 e. The Morgan fingerprint density at radius 2 is 2.06 bits per heavy atom. The third-order valence-corrected chi connectivity index (χ3v) is 2.46. The van der Waals surface area contributed by atoms with Crippen LogP contribution in [0, 0.1) is 11.3 Å². The molecule has 0 radical (unpaired) electrons. The largest absolute Gasteiger partial charge is 0.380 e. The highest BCUT2D eigenvalue weighted by Crippen LogP contribution is 2.19. The summed E-state index contributed by atoms with van der Waals surface area (Å²) in [6, 6.07) is 8.87. The van der Waals surface area contributed by atoms with Gasteiger partial charge in [-0.15, -0.1) is 0 Å². The van der Waals surface area contributed by atoms with Gasteiger partial charge < -0.3 is 9.67 Å². The topological polar surface area (TPSA) is 61.8 Å². The van der Waals surface area contributed by atoms with E-state index in [4.69, 9.17) is 5.26 Å². The van der Waals surface area contributed by atoms with Crippen LogP contribution in [0.15, 0.2) is 36.7 Å². The van der Waals surface area contributed by atoms with Crippen molar-refractivity contribution in [1.29, 1.82) is 5.26 Å². The maximum Gasteiger partial charge on any atom is 0.142 e. The maximum absolute atomic E-state index is 10.1. The van der Waals surface area contributed by atoms with E-state index in [1.54, 1.807) is 41.2 Å². The van der Waals surface area contributed by atoms with Crippen LogP contribution in [0.1, 0.15) is 23.1 Å². The molecule has 1 aromatic heterocycles. The molecule has 0 saturated carbocycles. The Bertz CT molecular complexity index is 522. The molecule has 2 rings (SSSR count). The Labute approximate surface area is 93.4 Å². The molecular formula is C12H11N3O. The van der Waals surface area contributed by atoms with Gasteiger partial charge in [0.1, 0.15) is 11.9 Å². The number of nitriles is 1. The summed E-state index contributed by atoms with van der Waals surface area (Å²) in [6.45, 7) is 0. The highest BCUT2D eigenvalue weighted by atomic mass is 16.3. The van der Waals surface area contributed by atoms with Crippen molar-refractivity contribution in [2.45, 2.75) is 6.10 Å². The Balaban J connectivity index is 2.31. The molecule has 16 heavy (non-hydrogen) atoms. The van der Waals surface area contributed by atoms with Crippen LogP contribution >= 0.6 is 0 Å². The van der Waals surface area contributed by atoms with Gasteiger partial charge in [0, 0.05) is 19.4 Å². The average Bonchev–Trinajstić information content (AvgIpc) is 2.75. The molecule has 0 aliphatic carbocycles. The number of rotatable bonds is 2. The molecule has 0 saturated heterocycles. The molecule has 4 heteroatoms. The Morgan fingerprint density at radius 3 is 2.56 bits per heavy atom. The lowest BCUT2D eigenvalue weighted by atomic mass is 10.1. The number of aliphatic hydroxyl groups excluding tert-OH is 1. The summed E-state index contributed by atoms with van der Waals surface area (Å²) in [5.41, 5.74) is 1.31. The molecule has 1 N–H and O–H groups in total. The van der Waals surface area contributed by atoms with Gasteiger partial charge in [-0.3, -0.25) is 0 Å². The lowest BCUT2D eigenvalue weighted by Crippen LogP contribution is -2.06. The van der Waals surface area contributed by atoms with Crippen molar-refractivity contribution in [3.8, 4) is 6.07 Å². The second kappa shape index (κ2) is 4.17. The zero-order valence-corrected chi connectivity index (χ0v) is 8.83. The number of aromatic nitrogens is 2. The molecule has 80 valence electrons. The summed E-state index contributed by atoms with van der Waals surface area (Å²) in [5, 5.41) is 18.7. The van der Waals surface area contributed by atoms with Gasteiger partial charge in [-0.1, -0.05) is 12.1 Å². The van der Waals surface area contributed by atoms with Crippen molar-refractivity contribution in [3.63, 3.8) is 0 Å². The molecule has 2 aromatic rings. The van der Waals surface area contributed by atoms with Crippen LogP contribution in [-0.2, 0) is 7.05 Å². The second-order valence-electron chi connectivity index (χ2n) is 3.53. The highest BCUT2D eigenvalue weighted by molar-refractivity contribution is 5.33. The van der Waals surface area contributed by atoms with Crippen molar-refractivity contribution in [1.82, 2.24) is 9.55 Å². The molecule has 0 spiro atoms. The standard InChI is InChI=1S/C12H11N3O/c1-15-7-6-14-12(15)11(16)10-4-2-9(8-13)3-5-10/h2-7,11,16H,1H3. The molecule has 1 heterocycles. The van der Waals surface area contributed by atoms with Crippen LogP contribution in [0.2, 0.25) is 0 Å². The van der Waals surface area contributed by atoms with Crippen LogP contribution in [0.25, 0.3) is 0 Å². The zero-order valence-electron chi connectivity index (χ0n) is 8.83. The Hall–Kier alpha value is -2.12. The Kier molecular flexibility index (Phi) is 2.71. The summed E-state index contributed by atoms with van der Waals surface area (Å²) in [6.07, 6.45) is 2.66. The highest BCUT2D eigenvalue weighted by Gasteiger charge is 2.14. The van der Waals surface area contributed by atoms with Gasteiger partial charge >= 0.3 is 0 Å². The number of hydrogen-bond donors (Lipinski definition) is 1. The molecule has 0 aliphatic heterocycles. The Morgan fingerprint density at radius 1 is 1.38 bits per heavy atom. The molecule has 1 unspecified atom stereocenters. The molecule has 0 amide bonds. The minimum atomic E-state index is -0.757. The van der Waals surface area contributed by atoms with Crippen LogP contribution in [0.4, 0.5) is 0 Å². The van der Waals surface area contributed by atoms with Gasteiger partial charge in [-0.25, -0.2) is 4.98 Å². The number of benzene rings is 1. The summed E-state index contributed by atoms with van der Waals surface area (Å²) in [4.78, 5) is 4.08. The second-order valence-corrected chi connectivity index (χ2v) is 3.53. The summed E-state index contributed by atoms with van der Waals surface area (Å²) in [5.74, 6) is 0.588. The van der Waals surface area contributed by atoms with E-state index in [-0.39, 0.29) is 0 Å². The van der Waals surface area contributed by atoms with E-state index in [0.717, 1.165) is 5.56 Å². The third-order valence-electron chi connectivity index (χ3n) is 2.46. The van der Waals surface area contributed by atoms with Crippen molar-refractivity contribution in [2.24, 2.45) is 7.05 Å². The first-order valence-electron chi connectivity index (χ1n) is 4.87. The number of hydrogen-bond acceptors (Lipinski definition) is 3. The first-order chi connectivity index (χ1) is 7.72. The number of aliphatic hydroxyl groups is 1. The quantitative estimate of drug-likeness (QED) is 0.819. The zero-order chi connectivity index (χ0) is 11.5. The molecule has 1 atom stereocenters. The van der Waals surface area contributed by atoms with E-state index < -0.39 is 6.10 Å². The molecule has 0 bridgehead atoms. The van der Waals surface area contributed by atoms with Crippen LogP contribution in [0.5, 0.6) is 0 Å². The van der Waals surface area contributed by atoms with E-state index in [9.17, 15) is 5.11 Å². The van der Waals surface area contributed by atoms with Gasteiger partial charge in [-0.05, 0) is 17.7 Å². The van der Waals surface area contributed by atoms with Gasteiger partial charge in [0.05, 0.1) is 11.6 Å². The lowest BCUT2D eigenvalue weighted by Gasteiger charge is -2.10. The number of aryl methyl sites for hydroxylation is 1. The molecule has 4 nitrogen and oxygen atoms in total. The van der Waals surface area contributed by atoms with E-state index in [1.807, 2.05) is 13.1 Å². The van der Waals surface area contributed by atoms with Gasteiger partial charge in [0.2, 0.25) is 0 Å². The maximum atomic E-state index is 10.1. The lowest BCUT2D eigenvalue weighted by molar-refractivity contribution is 0.206. The predicted octanol–water partition coefficient (Wildman–Crippen LogP) is 1.37. The van der Waals surface area contributed by atoms with Crippen molar-refractivity contribution < 1.29 is 5.11 Å². The van der Waals surface area contributed by atoms with E-state index in [2.05, 4.69) is 4.98 Å². The minimum absolute atomic E-state index is 0.579. The fourth-order valence-electron chi connectivity index (χ4n) is 1.53. The molecular weight excluding hydrogens is 202 g/mol. The third kappa shape index (κ3) is 1.81. The van der Waals surface area contributed by atoms with Gasteiger partial charge in [-0.2, -0.15) is 5.26 Å². The average molecular weight is 213 g/mol. The summed E-state index contributed by atoms with van der Waals surface area (Å²) in [7, 11) is 1.83. The predicted molar refractivity (Wildman–Crippen MR) is 58.4 cm³/mol. The van der Waals surface area contributed by atoms with Crippen molar-refractivity contribution >= 4 is 0 Å². The normalized spacial score (nSPS) is 12.1. The van der Waals surface area contributed by atoms with Crippen LogP contribution in [0.3, 0.4) is 0 Å². The van der Waals surface area contributed by atoms with Gasteiger partial charge in [0.25, 0.3) is 0 Å². The monoisotopic (exact) mass is 213 g/mol. The SMILES string of the molecule is Cn1ccnc1C(O)c1ccc(C#N)cc1. The van der Waals surface area contributed by atoms with Crippen LogP contribution < -0.4 is 0 Å². The first-order valence-corrected chi connectivity index (χ1v) is 4.87. The van der Waals surface area contributed by atoms with Crippen molar-refractivity contribution in [2.75, 3.05) is 0 Å². The summed E-state index contributed by atoms with van der Waals surface area (Å²) >= 11 is 0. The van der Waals surface area contributed by atoms with Crippen molar-refractivity contribution in [3.05, 3.63) is 53.6 Å². The van der Waals surface area contributed by atoms with E-state index in [1.165, 1.54) is 0 Å². The molecule has 1 aromatic carbocycles. The summed E-state index contributed by atoms with van der Waals surface area (Å²) < 4.78 is 1.77. The molecule has 0 aliphatic rings. The molecule has 0 fully saturated rings. The fraction of sp³-hybridized carbons (Fsp3) is 0.167.